The van der Waals surface area contributed by atoms with Crippen molar-refractivity contribution >= 4 is 11.6 Å². The van der Waals surface area contributed by atoms with E-state index >= 15 is 0 Å². The van der Waals surface area contributed by atoms with Crippen LogP contribution in [-0.4, -0.2) is 19.6 Å². The summed E-state index contributed by atoms with van der Waals surface area (Å²) in [4.78, 5) is 0. The largest absolute Gasteiger partial charge is 0.330 e. The first-order valence-electron chi connectivity index (χ1n) is 6.24. The van der Waals surface area contributed by atoms with Crippen LogP contribution in [0.25, 0.3) is 0 Å². The van der Waals surface area contributed by atoms with E-state index in [0.29, 0.717) is 17.5 Å². The fourth-order valence-corrected chi connectivity index (χ4v) is 1.77. The van der Waals surface area contributed by atoms with E-state index in [-0.39, 0.29) is 0 Å². The van der Waals surface area contributed by atoms with Gasteiger partial charge in [-0.2, -0.15) is 0 Å². The van der Waals surface area contributed by atoms with Crippen molar-refractivity contribution in [2.45, 2.75) is 26.2 Å². The predicted molar refractivity (Wildman–Crippen MR) is 78.2 cm³/mol. The standard InChI is InChI=1S/C14H25ClN2/c1-4-6-8-17-9-7-14(11-16)13(5-2)10-12(3)15/h5,10,14,17H,2-4,6-9,11,16H2,1H3/b13-10+. The van der Waals surface area contributed by atoms with Crippen LogP contribution in [0.3, 0.4) is 0 Å². The van der Waals surface area contributed by atoms with Crippen molar-refractivity contribution in [2.24, 2.45) is 11.7 Å². The Morgan fingerprint density at radius 1 is 1.47 bits per heavy atom. The van der Waals surface area contributed by atoms with E-state index < -0.39 is 0 Å². The number of hydrogen-bond acceptors (Lipinski definition) is 2. The van der Waals surface area contributed by atoms with Gasteiger partial charge in [0.25, 0.3) is 0 Å². The molecule has 1 atom stereocenters. The molecule has 1 unspecified atom stereocenters. The molecule has 3 heteroatoms. The summed E-state index contributed by atoms with van der Waals surface area (Å²) in [6.07, 6.45) is 7.10. The molecule has 0 rings (SSSR count). The van der Waals surface area contributed by atoms with Gasteiger partial charge in [-0.3, -0.25) is 0 Å². The zero-order valence-electron chi connectivity index (χ0n) is 10.8. The summed E-state index contributed by atoms with van der Waals surface area (Å²) in [5, 5.41) is 3.94. The van der Waals surface area contributed by atoms with Gasteiger partial charge in [-0.05, 0) is 50.0 Å². The van der Waals surface area contributed by atoms with Crippen LogP contribution < -0.4 is 11.1 Å². The Balaban J connectivity index is 4.12. The van der Waals surface area contributed by atoms with Gasteiger partial charge in [-0.1, -0.05) is 44.2 Å². The van der Waals surface area contributed by atoms with Crippen LogP contribution >= 0.6 is 11.6 Å². The molecular weight excluding hydrogens is 232 g/mol. The molecule has 0 spiro atoms. The van der Waals surface area contributed by atoms with Gasteiger partial charge in [0.1, 0.15) is 0 Å². The van der Waals surface area contributed by atoms with Crippen molar-refractivity contribution in [1.82, 2.24) is 5.32 Å². The van der Waals surface area contributed by atoms with Crippen molar-refractivity contribution in [1.29, 1.82) is 0 Å². The average Bonchev–Trinajstić information content (AvgIpc) is 2.31. The number of nitrogens with one attached hydrogen (secondary N) is 1. The van der Waals surface area contributed by atoms with Crippen LogP contribution in [0.1, 0.15) is 26.2 Å². The highest BCUT2D eigenvalue weighted by atomic mass is 35.5. The van der Waals surface area contributed by atoms with Crippen LogP contribution in [0.5, 0.6) is 0 Å². The zero-order chi connectivity index (χ0) is 13.1. The molecule has 0 aromatic heterocycles. The number of hydrogen-bond donors (Lipinski definition) is 2. The number of allylic oxidation sites excluding steroid dienone is 3. The quantitative estimate of drug-likeness (QED) is 0.465. The average molecular weight is 257 g/mol. The summed E-state index contributed by atoms with van der Waals surface area (Å²) in [6, 6.07) is 0. The molecule has 0 bridgehead atoms. The lowest BCUT2D eigenvalue weighted by molar-refractivity contribution is 0.529. The first-order chi connectivity index (χ1) is 8.15. The maximum absolute atomic E-state index is 5.78. The summed E-state index contributed by atoms with van der Waals surface area (Å²) >= 11 is 5.78. The lowest BCUT2D eigenvalue weighted by atomic mass is 9.95. The van der Waals surface area contributed by atoms with Crippen molar-refractivity contribution in [3.05, 3.63) is 35.9 Å². The van der Waals surface area contributed by atoms with Gasteiger partial charge in [-0.15, -0.1) is 0 Å². The molecular formula is C14H25ClN2. The Bertz CT molecular complexity index is 259. The summed E-state index contributed by atoms with van der Waals surface area (Å²) < 4.78 is 0. The number of nitrogens with two attached hydrogens (primary N) is 1. The van der Waals surface area contributed by atoms with E-state index in [1.54, 1.807) is 0 Å². The van der Waals surface area contributed by atoms with Crippen molar-refractivity contribution in [3.63, 3.8) is 0 Å². The zero-order valence-corrected chi connectivity index (χ0v) is 11.6. The summed E-state index contributed by atoms with van der Waals surface area (Å²) in [5.74, 6) is 0.303. The molecule has 0 aliphatic rings. The summed E-state index contributed by atoms with van der Waals surface area (Å²) in [5.41, 5.74) is 6.85. The van der Waals surface area contributed by atoms with Crippen LogP contribution in [-0.2, 0) is 0 Å². The maximum Gasteiger partial charge on any atom is 0.0337 e. The second kappa shape index (κ2) is 10.6. The fraction of sp³-hybridized carbons (Fsp3) is 0.571. The molecule has 0 aromatic rings. The van der Waals surface area contributed by atoms with Gasteiger partial charge in [0.05, 0.1) is 0 Å². The normalized spacial score (nSPS) is 13.5. The van der Waals surface area contributed by atoms with Gasteiger partial charge >= 0.3 is 0 Å². The Morgan fingerprint density at radius 3 is 2.65 bits per heavy atom. The molecule has 98 valence electrons. The van der Waals surface area contributed by atoms with E-state index in [4.69, 9.17) is 17.3 Å². The molecule has 0 aromatic carbocycles. The highest BCUT2D eigenvalue weighted by Crippen LogP contribution is 2.17. The van der Waals surface area contributed by atoms with Gasteiger partial charge in [0.2, 0.25) is 0 Å². The highest BCUT2D eigenvalue weighted by molar-refractivity contribution is 6.30. The monoisotopic (exact) mass is 256 g/mol. The smallest absolute Gasteiger partial charge is 0.0337 e. The molecule has 0 saturated carbocycles. The number of rotatable bonds is 10. The Morgan fingerprint density at radius 2 is 2.18 bits per heavy atom. The van der Waals surface area contributed by atoms with Crippen LogP contribution in [0.4, 0.5) is 0 Å². The predicted octanol–water partition coefficient (Wildman–Crippen LogP) is 3.21. The minimum absolute atomic E-state index is 0.303. The SMILES string of the molecule is C=C/C(=C\C(=C)Cl)C(CN)CCNCCCC. The fourth-order valence-electron chi connectivity index (χ4n) is 1.65. The first-order valence-corrected chi connectivity index (χ1v) is 6.62. The molecule has 0 heterocycles. The van der Waals surface area contributed by atoms with E-state index in [9.17, 15) is 0 Å². The van der Waals surface area contributed by atoms with Crippen LogP contribution in [0.2, 0.25) is 0 Å². The Labute approximate surface area is 111 Å². The Hall–Kier alpha value is -0.570. The number of unbranched alkanes of at least 4 members (excludes halogenated alkanes) is 1. The minimum atomic E-state index is 0.303. The molecule has 0 radical (unpaired) electrons. The molecule has 0 saturated heterocycles. The number of halogens is 1. The van der Waals surface area contributed by atoms with Gasteiger partial charge < -0.3 is 11.1 Å². The molecule has 3 N–H and O–H groups in total. The third kappa shape index (κ3) is 8.19. The second-order valence-electron chi connectivity index (χ2n) is 4.12. The van der Waals surface area contributed by atoms with Crippen molar-refractivity contribution in [3.8, 4) is 0 Å². The molecule has 0 fully saturated rings. The van der Waals surface area contributed by atoms with Crippen LogP contribution in [0.15, 0.2) is 35.9 Å². The van der Waals surface area contributed by atoms with E-state index in [2.05, 4.69) is 25.4 Å². The molecule has 0 aliphatic carbocycles. The van der Waals surface area contributed by atoms with Gasteiger partial charge in [-0.25, -0.2) is 0 Å². The molecule has 17 heavy (non-hydrogen) atoms. The maximum atomic E-state index is 5.78. The van der Waals surface area contributed by atoms with E-state index in [1.807, 2.05) is 12.2 Å². The van der Waals surface area contributed by atoms with Crippen molar-refractivity contribution < 1.29 is 0 Å². The molecule has 2 nitrogen and oxygen atoms in total. The van der Waals surface area contributed by atoms with Crippen LogP contribution in [0, 0.1) is 5.92 Å². The highest BCUT2D eigenvalue weighted by Gasteiger charge is 2.09. The minimum Gasteiger partial charge on any atom is -0.330 e. The van der Waals surface area contributed by atoms with Crippen molar-refractivity contribution in [2.75, 3.05) is 19.6 Å². The molecule has 0 aliphatic heterocycles. The van der Waals surface area contributed by atoms with Gasteiger partial charge in [0.15, 0.2) is 0 Å². The third-order valence-electron chi connectivity index (χ3n) is 2.69. The third-order valence-corrected chi connectivity index (χ3v) is 2.80. The summed E-state index contributed by atoms with van der Waals surface area (Å²) in [7, 11) is 0. The van der Waals surface area contributed by atoms with E-state index in [0.717, 1.165) is 25.1 Å². The summed E-state index contributed by atoms with van der Waals surface area (Å²) in [6.45, 7) is 12.3. The Kier molecular flexibility index (Phi) is 10.2. The lowest BCUT2D eigenvalue weighted by Crippen LogP contribution is -2.24. The first kappa shape index (κ1) is 16.4. The molecule has 0 amide bonds. The van der Waals surface area contributed by atoms with E-state index in [1.165, 1.54) is 12.8 Å². The second-order valence-corrected chi connectivity index (χ2v) is 4.61. The van der Waals surface area contributed by atoms with Gasteiger partial charge in [0, 0.05) is 5.03 Å². The topological polar surface area (TPSA) is 38.0 Å². The lowest BCUT2D eigenvalue weighted by Gasteiger charge is -2.16.